The van der Waals surface area contributed by atoms with Gasteiger partial charge in [0, 0.05) is 31.4 Å². The lowest BCUT2D eigenvalue weighted by Crippen LogP contribution is -2.31. The van der Waals surface area contributed by atoms with Crippen LogP contribution in [0.25, 0.3) is 0 Å². The van der Waals surface area contributed by atoms with Crippen molar-refractivity contribution in [1.82, 2.24) is 10.3 Å². The number of unbranched alkanes of at least 4 members (excludes halogenated alkanes) is 1. The molecule has 1 saturated carbocycles. The highest BCUT2D eigenvalue weighted by molar-refractivity contribution is 5.68. The van der Waals surface area contributed by atoms with Gasteiger partial charge in [-0.1, -0.05) is 38.7 Å². The van der Waals surface area contributed by atoms with Crippen molar-refractivity contribution in [2.24, 2.45) is 0 Å². The molecule has 6 heteroatoms. The second-order valence-electron chi connectivity index (χ2n) is 8.16. The summed E-state index contributed by atoms with van der Waals surface area (Å²) in [5.74, 6) is 0.0854. The maximum Gasteiger partial charge on any atom is 0.329 e. The SMILES string of the molecule is CCCCc1nc(N2CCC(OCC(=O)O)C2)ccc1CNC1CCCCC1. The van der Waals surface area contributed by atoms with Gasteiger partial charge in [-0.2, -0.15) is 0 Å². The summed E-state index contributed by atoms with van der Waals surface area (Å²) in [7, 11) is 0. The third-order valence-corrected chi connectivity index (χ3v) is 5.92. The Labute approximate surface area is 168 Å². The number of carboxylic acids is 1. The first-order valence-corrected chi connectivity index (χ1v) is 11.0. The average molecular weight is 390 g/mol. The van der Waals surface area contributed by atoms with Crippen LogP contribution in [-0.2, 0) is 22.5 Å². The molecule has 1 aliphatic carbocycles. The number of carboxylic acid groups (broad SMARTS) is 1. The van der Waals surface area contributed by atoms with Gasteiger partial charge in [0.25, 0.3) is 0 Å². The number of carbonyl (C=O) groups is 1. The molecule has 2 aliphatic rings. The molecule has 1 aromatic heterocycles. The second-order valence-corrected chi connectivity index (χ2v) is 8.16. The number of ether oxygens (including phenoxy) is 1. The zero-order valence-corrected chi connectivity index (χ0v) is 17.2. The fourth-order valence-electron chi connectivity index (χ4n) is 4.24. The van der Waals surface area contributed by atoms with Crippen molar-refractivity contribution < 1.29 is 14.6 Å². The Morgan fingerprint density at radius 1 is 1.29 bits per heavy atom. The molecule has 0 radical (unpaired) electrons. The van der Waals surface area contributed by atoms with Gasteiger partial charge in [-0.25, -0.2) is 9.78 Å². The Hall–Kier alpha value is -1.66. The van der Waals surface area contributed by atoms with Gasteiger partial charge in [0.15, 0.2) is 0 Å². The average Bonchev–Trinajstić information content (AvgIpc) is 3.19. The van der Waals surface area contributed by atoms with Crippen LogP contribution in [0, 0.1) is 0 Å². The smallest absolute Gasteiger partial charge is 0.329 e. The van der Waals surface area contributed by atoms with Gasteiger partial charge >= 0.3 is 5.97 Å². The largest absolute Gasteiger partial charge is 0.480 e. The van der Waals surface area contributed by atoms with Gasteiger partial charge in [-0.05, 0) is 43.7 Å². The molecule has 6 nitrogen and oxygen atoms in total. The number of pyridine rings is 1. The van der Waals surface area contributed by atoms with Gasteiger partial charge in [0.1, 0.15) is 12.4 Å². The van der Waals surface area contributed by atoms with Crippen molar-refractivity contribution in [2.45, 2.75) is 83.4 Å². The molecule has 3 rings (SSSR count). The van der Waals surface area contributed by atoms with Crippen LogP contribution >= 0.6 is 0 Å². The topological polar surface area (TPSA) is 74.7 Å². The Morgan fingerprint density at radius 2 is 2.11 bits per heavy atom. The van der Waals surface area contributed by atoms with E-state index in [1.54, 1.807) is 0 Å². The van der Waals surface area contributed by atoms with Crippen LogP contribution in [0.3, 0.4) is 0 Å². The highest BCUT2D eigenvalue weighted by atomic mass is 16.5. The molecule has 1 unspecified atom stereocenters. The summed E-state index contributed by atoms with van der Waals surface area (Å²) in [5.41, 5.74) is 2.53. The summed E-state index contributed by atoms with van der Waals surface area (Å²) in [6, 6.07) is 5.00. The summed E-state index contributed by atoms with van der Waals surface area (Å²) in [5, 5.41) is 12.5. The summed E-state index contributed by atoms with van der Waals surface area (Å²) in [4.78, 5) is 17.9. The molecule has 28 heavy (non-hydrogen) atoms. The lowest BCUT2D eigenvalue weighted by atomic mass is 9.95. The minimum atomic E-state index is -0.909. The molecule has 1 atom stereocenters. The molecular weight excluding hydrogens is 354 g/mol. The fraction of sp³-hybridized carbons (Fsp3) is 0.727. The quantitative estimate of drug-likeness (QED) is 0.638. The molecule has 2 N–H and O–H groups in total. The van der Waals surface area contributed by atoms with E-state index in [2.05, 4.69) is 29.3 Å². The van der Waals surface area contributed by atoms with E-state index in [0.717, 1.165) is 44.6 Å². The second kappa shape index (κ2) is 10.8. The third-order valence-electron chi connectivity index (χ3n) is 5.92. The van der Waals surface area contributed by atoms with Crippen molar-refractivity contribution in [3.05, 3.63) is 23.4 Å². The van der Waals surface area contributed by atoms with E-state index in [9.17, 15) is 4.79 Å². The number of aromatic nitrogens is 1. The maximum atomic E-state index is 10.7. The number of rotatable bonds is 10. The van der Waals surface area contributed by atoms with Crippen LogP contribution in [0.1, 0.15) is 69.5 Å². The number of anilines is 1. The predicted molar refractivity (Wildman–Crippen MR) is 111 cm³/mol. The summed E-state index contributed by atoms with van der Waals surface area (Å²) in [6.45, 7) is 4.48. The van der Waals surface area contributed by atoms with E-state index in [0.29, 0.717) is 12.6 Å². The number of aryl methyl sites for hydroxylation is 1. The van der Waals surface area contributed by atoms with Crippen LogP contribution in [0.2, 0.25) is 0 Å². The number of aliphatic carboxylic acids is 1. The van der Waals surface area contributed by atoms with E-state index < -0.39 is 5.97 Å². The minimum Gasteiger partial charge on any atom is -0.480 e. The van der Waals surface area contributed by atoms with Gasteiger partial charge in [0.05, 0.1) is 6.10 Å². The Kier molecular flexibility index (Phi) is 8.10. The molecule has 0 spiro atoms. The Bertz CT molecular complexity index is 631. The molecule has 2 fully saturated rings. The van der Waals surface area contributed by atoms with Crippen LogP contribution in [0.15, 0.2) is 12.1 Å². The van der Waals surface area contributed by atoms with Gasteiger partial charge in [-0.15, -0.1) is 0 Å². The van der Waals surface area contributed by atoms with E-state index in [1.807, 2.05) is 0 Å². The normalized spacial score (nSPS) is 20.6. The van der Waals surface area contributed by atoms with Crippen molar-refractivity contribution in [1.29, 1.82) is 0 Å². The summed E-state index contributed by atoms with van der Waals surface area (Å²) in [6.07, 6.45) is 10.8. The number of nitrogens with one attached hydrogen (secondary N) is 1. The number of hydrogen-bond acceptors (Lipinski definition) is 5. The lowest BCUT2D eigenvalue weighted by Gasteiger charge is -2.24. The highest BCUT2D eigenvalue weighted by Gasteiger charge is 2.25. The van der Waals surface area contributed by atoms with Crippen LogP contribution < -0.4 is 10.2 Å². The molecule has 2 heterocycles. The van der Waals surface area contributed by atoms with Gasteiger partial charge in [-0.3, -0.25) is 0 Å². The molecule has 1 aromatic rings. The number of hydrogen-bond donors (Lipinski definition) is 2. The van der Waals surface area contributed by atoms with Crippen molar-refractivity contribution >= 4 is 11.8 Å². The molecule has 156 valence electrons. The molecule has 1 aliphatic heterocycles. The summed E-state index contributed by atoms with van der Waals surface area (Å²) >= 11 is 0. The van der Waals surface area contributed by atoms with E-state index in [1.165, 1.54) is 43.4 Å². The predicted octanol–water partition coefficient (Wildman–Crippen LogP) is 3.53. The third kappa shape index (κ3) is 6.17. The van der Waals surface area contributed by atoms with Crippen molar-refractivity contribution in [2.75, 3.05) is 24.6 Å². The molecular formula is C22H35N3O3. The van der Waals surface area contributed by atoms with E-state index >= 15 is 0 Å². The lowest BCUT2D eigenvalue weighted by molar-refractivity contribution is -0.143. The Balaban J connectivity index is 1.61. The zero-order chi connectivity index (χ0) is 19.8. The first-order valence-electron chi connectivity index (χ1n) is 11.0. The minimum absolute atomic E-state index is 0.0235. The molecule has 1 saturated heterocycles. The standard InChI is InChI=1S/C22H35N3O3/c1-2-3-9-20-17(14-23-18-7-5-4-6-8-18)10-11-21(24-20)25-13-12-19(15-25)28-16-22(26)27/h10-11,18-19,23H,2-9,12-16H2,1H3,(H,26,27). The molecule has 0 aromatic carbocycles. The Morgan fingerprint density at radius 3 is 2.86 bits per heavy atom. The zero-order valence-electron chi connectivity index (χ0n) is 17.2. The van der Waals surface area contributed by atoms with Crippen molar-refractivity contribution in [3.8, 4) is 0 Å². The van der Waals surface area contributed by atoms with E-state index in [4.69, 9.17) is 14.8 Å². The maximum absolute atomic E-state index is 10.7. The van der Waals surface area contributed by atoms with Crippen LogP contribution in [0.5, 0.6) is 0 Å². The highest BCUT2D eigenvalue weighted by Crippen LogP contribution is 2.23. The molecule has 0 bridgehead atoms. The van der Waals surface area contributed by atoms with Crippen LogP contribution in [0.4, 0.5) is 5.82 Å². The fourth-order valence-corrected chi connectivity index (χ4v) is 4.24. The summed E-state index contributed by atoms with van der Waals surface area (Å²) < 4.78 is 5.46. The molecule has 0 amide bonds. The first kappa shape index (κ1) is 21.1. The number of nitrogens with zero attached hydrogens (tertiary/aromatic N) is 2. The van der Waals surface area contributed by atoms with Gasteiger partial charge in [0.2, 0.25) is 0 Å². The first-order chi connectivity index (χ1) is 13.7. The van der Waals surface area contributed by atoms with Gasteiger partial charge < -0.3 is 20.1 Å². The monoisotopic (exact) mass is 389 g/mol. The van der Waals surface area contributed by atoms with Crippen molar-refractivity contribution in [3.63, 3.8) is 0 Å². The van der Waals surface area contributed by atoms with Crippen LogP contribution in [-0.4, -0.2) is 47.9 Å². The van der Waals surface area contributed by atoms with E-state index in [-0.39, 0.29) is 12.7 Å².